The molecule has 0 spiro atoms. The van der Waals surface area contributed by atoms with Crippen LogP contribution < -0.4 is 0 Å². The molecule has 0 bridgehead atoms. The quantitative estimate of drug-likeness (QED) is 0.829. The molecule has 0 amide bonds. The van der Waals surface area contributed by atoms with Crippen LogP contribution in [0.3, 0.4) is 0 Å². The second-order valence-corrected chi connectivity index (χ2v) is 7.19. The van der Waals surface area contributed by atoms with Crippen molar-refractivity contribution in [2.24, 2.45) is 5.92 Å². The van der Waals surface area contributed by atoms with E-state index < -0.39 is 9.84 Å². The van der Waals surface area contributed by atoms with Gasteiger partial charge in [-0.3, -0.25) is 4.98 Å². The second kappa shape index (κ2) is 4.77. The Morgan fingerprint density at radius 2 is 2.06 bits per heavy atom. The summed E-state index contributed by atoms with van der Waals surface area (Å²) in [5, 5.41) is 0. The minimum Gasteiger partial charge on any atom is -0.260 e. The Hall–Kier alpha value is -0.900. The van der Waals surface area contributed by atoms with Gasteiger partial charge in [0, 0.05) is 11.9 Å². The van der Waals surface area contributed by atoms with Crippen LogP contribution in [0.15, 0.2) is 23.2 Å². The number of hydrogen-bond donors (Lipinski definition) is 0. The van der Waals surface area contributed by atoms with Gasteiger partial charge in [0.25, 0.3) is 0 Å². The van der Waals surface area contributed by atoms with E-state index in [-0.39, 0.29) is 5.75 Å². The molecular formula is C13H19NO2S. The van der Waals surface area contributed by atoms with Gasteiger partial charge in [-0.2, -0.15) is 0 Å². The van der Waals surface area contributed by atoms with E-state index in [4.69, 9.17) is 0 Å². The highest BCUT2D eigenvalue weighted by Crippen LogP contribution is 2.29. The minimum absolute atomic E-state index is 0.287. The highest BCUT2D eigenvalue weighted by atomic mass is 32.2. The van der Waals surface area contributed by atoms with Crippen LogP contribution in [0.5, 0.6) is 0 Å². The zero-order valence-corrected chi connectivity index (χ0v) is 11.2. The van der Waals surface area contributed by atoms with Gasteiger partial charge in [-0.25, -0.2) is 8.42 Å². The molecule has 1 heterocycles. The van der Waals surface area contributed by atoms with Crippen molar-refractivity contribution in [1.29, 1.82) is 0 Å². The van der Waals surface area contributed by atoms with Crippen LogP contribution in [0.4, 0.5) is 0 Å². The Morgan fingerprint density at radius 3 is 2.47 bits per heavy atom. The molecule has 0 atom stereocenters. The Bertz CT molecular complexity index is 473. The molecule has 1 saturated carbocycles. The van der Waals surface area contributed by atoms with Gasteiger partial charge >= 0.3 is 0 Å². The van der Waals surface area contributed by atoms with E-state index in [1.165, 1.54) is 12.6 Å². The van der Waals surface area contributed by atoms with Gasteiger partial charge in [0.05, 0.1) is 10.6 Å². The second-order valence-electron chi connectivity index (χ2n) is 5.15. The SMILES string of the molecule is CC(C)c1ccc(S(=O)(=O)CC2CCC2)cn1. The molecule has 17 heavy (non-hydrogen) atoms. The van der Waals surface area contributed by atoms with Gasteiger partial charge < -0.3 is 0 Å². The van der Waals surface area contributed by atoms with Crippen LogP contribution in [-0.4, -0.2) is 19.2 Å². The Labute approximate surface area is 103 Å². The fraction of sp³-hybridized carbons (Fsp3) is 0.615. The minimum atomic E-state index is -3.13. The number of rotatable bonds is 4. The summed E-state index contributed by atoms with van der Waals surface area (Å²) in [6, 6.07) is 3.51. The molecular weight excluding hydrogens is 234 g/mol. The third-order valence-electron chi connectivity index (χ3n) is 3.39. The van der Waals surface area contributed by atoms with Crippen molar-refractivity contribution in [2.45, 2.75) is 43.9 Å². The Morgan fingerprint density at radius 1 is 1.35 bits per heavy atom. The number of pyridine rings is 1. The normalized spacial score (nSPS) is 17.1. The van der Waals surface area contributed by atoms with Crippen molar-refractivity contribution in [1.82, 2.24) is 4.98 Å². The summed E-state index contributed by atoms with van der Waals surface area (Å²) in [5.41, 5.74) is 0.938. The van der Waals surface area contributed by atoms with Gasteiger partial charge in [-0.15, -0.1) is 0 Å². The summed E-state index contributed by atoms with van der Waals surface area (Å²) < 4.78 is 24.2. The summed E-state index contributed by atoms with van der Waals surface area (Å²) in [4.78, 5) is 4.59. The number of sulfone groups is 1. The molecule has 0 aromatic carbocycles. The van der Waals surface area contributed by atoms with E-state index in [0.29, 0.717) is 16.7 Å². The molecule has 0 radical (unpaired) electrons. The van der Waals surface area contributed by atoms with Crippen LogP contribution in [0.25, 0.3) is 0 Å². The number of hydrogen-bond acceptors (Lipinski definition) is 3. The molecule has 0 N–H and O–H groups in total. The highest BCUT2D eigenvalue weighted by Gasteiger charge is 2.26. The lowest BCUT2D eigenvalue weighted by atomic mass is 9.87. The first-order valence-corrected chi connectivity index (χ1v) is 7.83. The van der Waals surface area contributed by atoms with E-state index in [1.807, 2.05) is 19.9 Å². The Balaban J connectivity index is 2.15. The predicted molar refractivity (Wildman–Crippen MR) is 67.7 cm³/mol. The molecule has 0 aliphatic heterocycles. The summed E-state index contributed by atoms with van der Waals surface area (Å²) in [6.45, 7) is 4.09. The first kappa shape index (κ1) is 12.6. The predicted octanol–water partition coefficient (Wildman–Crippen LogP) is 2.78. The Kier molecular flexibility index (Phi) is 3.52. The lowest BCUT2D eigenvalue weighted by Crippen LogP contribution is -2.22. The zero-order valence-electron chi connectivity index (χ0n) is 10.4. The third-order valence-corrected chi connectivity index (χ3v) is 5.26. The summed E-state index contributed by atoms with van der Waals surface area (Å²) >= 11 is 0. The lowest BCUT2D eigenvalue weighted by molar-refractivity contribution is 0.347. The van der Waals surface area contributed by atoms with E-state index >= 15 is 0 Å². The van der Waals surface area contributed by atoms with E-state index in [2.05, 4.69) is 4.98 Å². The van der Waals surface area contributed by atoms with Crippen LogP contribution >= 0.6 is 0 Å². The fourth-order valence-electron chi connectivity index (χ4n) is 1.98. The van der Waals surface area contributed by atoms with Gasteiger partial charge in [-0.05, 0) is 36.8 Å². The van der Waals surface area contributed by atoms with Crippen molar-refractivity contribution in [3.05, 3.63) is 24.0 Å². The maximum atomic E-state index is 12.1. The van der Waals surface area contributed by atoms with Gasteiger partial charge in [0.15, 0.2) is 9.84 Å². The van der Waals surface area contributed by atoms with Crippen LogP contribution in [0.1, 0.15) is 44.7 Å². The van der Waals surface area contributed by atoms with E-state index in [1.54, 1.807) is 6.07 Å². The maximum absolute atomic E-state index is 12.1. The molecule has 4 heteroatoms. The molecule has 1 aliphatic rings. The van der Waals surface area contributed by atoms with Crippen LogP contribution in [-0.2, 0) is 9.84 Å². The summed E-state index contributed by atoms with van der Waals surface area (Å²) in [6.07, 6.45) is 4.78. The lowest BCUT2D eigenvalue weighted by Gasteiger charge is -2.24. The molecule has 1 aliphatic carbocycles. The summed E-state index contributed by atoms with van der Waals surface area (Å²) in [5.74, 6) is 0.985. The molecule has 0 unspecified atom stereocenters. The van der Waals surface area contributed by atoms with Crippen LogP contribution in [0.2, 0.25) is 0 Å². The van der Waals surface area contributed by atoms with Crippen molar-refractivity contribution in [3.63, 3.8) is 0 Å². The molecule has 94 valence electrons. The monoisotopic (exact) mass is 253 g/mol. The van der Waals surface area contributed by atoms with Gasteiger partial charge in [0.1, 0.15) is 0 Å². The first-order valence-electron chi connectivity index (χ1n) is 6.18. The van der Waals surface area contributed by atoms with E-state index in [9.17, 15) is 8.42 Å². The number of nitrogens with zero attached hydrogens (tertiary/aromatic N) is 1. The average Bonchev–Trinajstić information content (AvgIpc) is 2.24. The highest BCUT2D eigenvalue weighted by molar-refractivity contribution is 7.91. The molecule has 3 nitrogen and oxygen atoms in total. The fourth-order valence-corrected chi connectivity index (χ4v) is 3.62. The van der Waals surface area contributed by atoms with Gasteiger partial charge in [-0.1, -0.05) is 20.3 Å². The molecule has 2 rings (SSSR count). The van der Waals surface area contributed by atoms with Crippen molar-refractivity contribution < 1.29 is 8.42 Å². The smallest absolute Gasteiger partial charge is 0.180 e. The van der Waals surface area contributed by atoms with Crippen LogP contribution in [0, 0.1) is 5.92 Å². The molecule has 1 fully saturated rings. The van der Waals surface area contributed by atoms with Crippen molar-refractivity contribution in [3.8, 4) is 0 Å². The molecule has 1 aromatic heterocycles. The molecule has 1 aromatic rings. The first-order chi connectivity index (χ1) is 7.99. The largest absolute Gasteiger partial charge is 0.260 e. The number of aromatic nitrogens is 1. The third kappa shape index (κ3) is 2.86. The summed E-state index contributed by atoms with van der Waals surface area (Å²) in [7, 11) is -3.13. The van der Waals surface area contributed by atoms with Gasteiger partial charge in [0.2, 0.25) is 0 Å². The van der Waals surface area contributed by atoms with E-state index in [0.717, 1.165) is 18.5 Å². The molecule has 0 saturated heterocycles. The average molecular weight is 253 g/mol. The van der Waals surface area contributed by atoms with Crippen molar-refractivity contribution in [2.75, 3.05) is 5.75 Å². The van der Waals surface area contributed by atoms with Crippen molar-refractivity contribution >= 4 is 9.84 Å². The zero-order chi connectivity index (χ0) is 12.5. The standard InChI is InChI=1S/C13H19NO2S/c1-10(2)13-7-6-12(8-14-13)17(15,16)9-11-4-3-5-11/h6-8,10-11H,3-5,9H2,1-2H3. The topological polar surface area (TPSA) is 47.0 Å². The maximum Gasteiger partial charge on any atom is 0.180 e.